The van der Waals surface area contributed by atoms with Crippen LogP contribution in [0.15, 0.2) is 40.8 Å². The van der Waals surface area contributed by atoms with Gasteiger partial charge in [-0.2, -0.15) is 0 Å². The fourth-order valence-electron chi connectivity index (χ4n) is 2.19. The van der Waals surface area contributed by atoms with Crippen molar-refractivity contribution in [1.29, 1.82) is 0 Å². The van der Waals surface area contributed by atoms with Crippen LogP contribution in [0.4, 0.5) is 11.4 Å². The van der Waals surface area contributed by atoms with E-state index in [9.17, 15) is 0 Å². The molecule has 2 aromatic carbocycles. The van der Waals surface area contributed by atoms with Gasteiger partial charge in [-0.05, 0) is 36.4 Å². The average Bonchev–Trinajstić information content (AvgIpc) is 3.04. The summed E-state index contributed by atoms with van der Waals surface area (Å²) in [6.07, 6.45) is 0. The van der Waals surface area contributed by atoms with Crippen molar-refractivity contribution >= 4 is 11.4 Å². The van der Waals surface area contributed by atoms with Gasteiger partial charge in [0.05, 0.1) is 25.6 Å². The van der Waals surface area contributed by atoms with E-state index in [0.29, 0.717) is 45.8 Å². The molecule has 7 nitrogen and oxygen atoms in total. The number of aromatic nitrogens is 2. The Kier molecular flexibility index (Phi) is 3.76. The quantitative estimate of drug-likeness (QED) is 0.712. The largest absolute Gasteiger partial charge is 0.495 e. The van der Waals surface area contributed by atoms with Crippen LogP contribution in [0.1, 0.15) is 0 Å². The van der Waals surface area contributed by atoms with Gasteiger partial charge in [0.25, 0.3) is 0 Å². The van der Waals surface area contributed by atoms with Crippen molar-refractivity contribution in [3.8, 4) is 34.4 Å². The van der Waals surface area contributed by atoms with Crippen molar-refractivity contribution in [3.63, 3.8) is 0 Å². The van der Waals surface area contributed by atoms with Crippen LogP contribution in [0, 0.1) is 0 Å². The average molecular weight is 312 g/mol. The van der Waals surface area contributed by atoms with E-state index in [1.54, 1.807) is 50.6 Å². The van der Waals surface area contributed by atoms with E-state index in [-0.39, 0.29) is 0 Å². The minimum atomic E-state index is 0.365. The molecule has 7 heteroatoms. The van der Waals surface area contributed by atoms with Crippen molar-refractivity contribution in [1.82, 2.24) is 10.2 Å². The van der Waals surface area contributed by atoms with E-state index < -0.39 is 0 Å². The molecule has 4 N–H and O–H groups in total. The van der Waals surface area contributed by atoms with Gasteiger partial charge in [0.15, 0.2) is 0 Å². The van der Waals surface area contributed by atoms with E-state index in [1.165, 1.54) is 0 Å². The summed E-state index contributed by atoms with van der Waals surface area (Å²) in [6, 6.07) is 10.5. The summed E-state index contributed by atoms with van der Waals surface area (Å²) in [5.41, 5.74) is 14.2. The molecule has 0 bridgehead atoms. The van der Waals surface area contributed by atoms with Crippen LogP contribution in [-0.4, -0.2) is 24.4 Å². The van der Waals surface area contributed by atoms with Gasteiger partial charge in [-0.15, -0.1) is 10.2 Å². The molecule has 118 valence electrons. The molecule has 0 amide bonds. The lowest BCUT2D eigenvalue weighted by molar-refractivity contribution is 0.417. The molecule has 0 saturated carbocycles. The fraction of sp³-hybridized carbons (Fsp3) is 0.125. The van der Waals surface area contributed by atoms with Crippen molar-refractivity contribution in [2.24, 2.45) is 0 Å². The fourth-order valence-corrected chi connectivity index (χ4v) is 2.19. The first-order valence-electron chi connectivity index (χ1n) is 6.83. The van der Waals surface area contributed by atoms with E-state index >= 15 is 0 Å². The Morgan fingerprint density at radius 3 is 1.57 bits per heavy atom. The maximum absolute atomic E-state index is 5.89. The topological polar surface area (TPSA) is 109 Å². The van der Waals surface area contributed by atoms with Crippen LogP contribution >= 0.6 is 0 Å². The Hall–Kier alpha value is -3.22. The molecule has 0 fully saturated rings. The van der Waals surface area contributed by atoms with Crippen LogP contribution in [0.25, 0.3) is 22.9 Å². The van der Waals surface area contributed by atoms with Crippen molar-refractivity contribution in [3.05, 3.63) is 36.4 Å². The van der Waals surface area contributed by atoms with Gasteiger partial charge in [-0.1, -0.05) is 0 Å². The van der Waals surface area contributed by atoms with Gasteiger partial charge < -0.3 is 25.4 Å². The van der Waals surface area contributed by atoms with Crippen LogP contribution in [0.2, 0.25) is 0 Å². The molecule has 3 rings (SSSR count). The third-order valence-electron chi connectivity index (χ3n) is 3.38. The highest BCUT2D eigenvalue weighted by molar-refractivity contribution is 5.68. The molecular formula is C16H16N4O3. The molecule has 1 aromatic heterocycles. The maximum atomic E-state index is 5.89. The number of rotatable bonds is 4. The second-order valence-corrected chi connectivity index (χ2v) is 4.83. The van der Waals surface area contributed by atoms with Crippen molar-refractivity contribution in [2.75, 3.05) is 25.7 Å². The lowest BCUT2D eigenvalue weighted by Gasteiger charge is -2.05. The van der Waals surface area contributed by atoms with Crippen LogP contribution in [-0.2, 0) is 0 Å². The first-order valence-corrected chi connectivity index (χ1v) is 6.83. The first kappa shape index (κ1) is 14.7. The van der Waals surface area contributed by atoms with E-state index in [0.717, 1.165) is 0 Å². The predicted molar refractivity (Wildman–Crippen MR) is 87.1 cm³/mol. The molecule has 0 atom stereocenters. The summed E-state index contributed by atoms with van der Waals surface area (Å²) in [6.45, 7) is 0. The van der Waals surface area contributed by atoms with Gasteiger partial charge >= 0.3 is 0 Å². The van der Waals surface area contributed by atoms with Crippen molar-refractivity contribution < 1.29 is 13.9 Å². The van der Waals surface area contributed by atoms with E-state index in [4.69, 9.17) is 25.4 Å². The van der Waals surface area contributed by atoms with E-state index in [1.807, 2.05) is 0 Å². The lowest BCUT2D eigenvalue weighted by atomic mass is 10.2. The molecule has 0 aliphatic carbocycles. The van der Waals surface area contributed by atoms with Gasteiger partial charge in [-0.3, -0.25) is 0 Å². The van der Waals surface area contributed by atoms with Gasteiger partial charge in [-0.25, -0.2) is 0 Å². The molecule has 0 spiro atoms. The van der Waals surface area contributed by atoms with Gasteiger partial charge in [0.1, 0.15) is 11.5 Å². The Labute approximate surface area is 132 Å². The SMILES string of the molecule is COc1ccc(-c2nnc(-c3ccc(OC)c(N)c3)o2)cc1N. The van der Waals surface area contributed by atoms with E-state index in [2.05, 4.69) is 10.2 Å². The smallest absolute Gasteiger partial charge is 0.248 e. The minimum Gasteiger partial charge on any atom is -0.495 e. The summed E-state index contributed by atoms with van der Waals surface area (Å²) in [5, 5.41) is 8.09. The summed E-state index contributed by atoms with van der Waals surface area (Å²) < 4.78 is 16.0. The summed E-state index contributed by atoms with van der Waals surface area (Å²) in [4.78, 5) is 0. The number of methoxy groups -OCH3 is 2. The van der Waals surface area contributed by atoms with Gasteiger partial charge in [0.2, 0.25) is 11.8 Å². The number of nitrogen functional groups attached to an aromatic ring is 2. The molecule has 3 aromatic rings. The number of hydrogen-bond acceptors (Lipinski definition) is 7. The maximum Gasteiger partial charge on any atom is 0.248 e. The molecular weight excluding hydrogens is 296 g/mol. The number of benzene rings is 2. The number of ether oxygens (including phenoxy) is 2. The second kappa shape index (κ2) is 5.88. The summed E-state index contributed by atoms with van der Waals surface area (Å²) in [7, 11) is 3.12. The molecule has 1 heterocycles. The predicted octanol–water partition coefficient (Wildman–Crippen LogP) is 2.59. The zero-order chi connectivity index (χ0) is 16.4. The Balaban J connectivity index is 1.94. The highest BCUT2D eigenvalue weighted by atomic mass is 16.5. The molecule has 0 radical (unpaired) electrons. The number of nitrogens with zero attached hydrogens (tertiary/aromatic N) is 2. The first-order chi connectivity index (χ1) is 11.1. The molecule has 0 aliphatic heterocycles. The second-order valence-electron chi connectivity index (χ2n) is 4.83. The zero-order valence-electron chi connectivity index (χ0n) is 12.7. The Morgan fingerprint density at radius 1 is 0.783 bits per heavy atom. The summed E-state index contributed by atoms with van der Waals surface area (Å²) >= 11 is 0. The highest BCUT2D eigenvalue weighted by Crippen LogP contribution is 2.31. The third-order valence-corrected chi connectivity index (χ3v) is 3.38. The Bertz CT molecular complexity index is 777. The molecule has 23 heavy (non-hydrogen) atoms. The van der Waals surface area contributed by atoms with Gasteiger partial charge in [0, 0.05) is 11.1 Å². The number of nitrogens with two attached hydrogens (primary N) is 2. The number of hydrogen-bond donors (Lipinski definition) is 2. The Morgan fingerprint density at radius 2 is 1.22 bits per heavy atom. The minimum absolute atomic E-state index is 0.365. The molecule has 0 aliphatic rings. The molecule has 0 unspecified atom stereocenters. The lowest BCUT2D eigenvalue weighted by Crippen LogP contribution is -1.92. The zero-order valence-corrected chi connectivity index (χ0v) is 12.7. The standard InChI is InChI=1S/C16H16N4O3/c1-21-13-5-3-9(7-11(13)17)15-19-20-16(23-15)10-4-6-14(22-2)12(18)8-10/h3-8H,17-18H2,1-2H3. The normalized spacial score (nSPS) is 10.5. The highest BCUT2D eigenvalue weighted by Gasteiger charge is 2.13. The van der Waals surface area contributed by atoms with Crippen molar-refractivity contribution in [2.45, 2.75) is 0 Å². The summed E-state index contributed by atoms with van der Waals surface area (Å²) in [5.74, 6) is 1.92. The third kappa shape index (κ3) is 2.76. The number of anilines is 2. The van der Waals surface area contributed by atoms with Crippen LogP contribution in [0.3, 0.4) is 0 Å². The molecule has 0 saturated heterocycles. The van der Waals surface area contributed by atoms with Crippen LogP contribution < -0.4 is 20.9 Å². The van der Waals surface area contributed by atoms with Crippen LogP contribution in [0.5, 0.6) is 11.5 Å². The monoisotopic (exact) mass is 312 g/mol.